The smallest absolute Gasteiger partial charge is 0.163 e. The molecule has 24 heavy (non-hydrogen) atoms. The Labute approximate surface area is 145 Å². The van der Waals surface area contributed by atoms with Crippen LogP contribution >= 0.6 is 0 Å². The Hall–Kier alpha value is -1.97. The Balaban J connectivity index is 1.72. The summed E-state index contributed by atoms with van der Waals surface area (Å²) in [6.07, 6.45) is 2.85. The number of rotatable bonds is 10. The largest absolute Gasteiger partial charge is 0.310 e. The molecule has 3 nitrogen and oxygen atoms in total. The SMILES string of the molecule is CN(C)[C@@H](Cc1ccccc1)C(=O)CNCCCc1ccccc1. The molecule has 0 bridgehead atoms. The highest BCUT2D eigenvalue weighted by atomic mass is 16.1. The van der Waals surface area contributed by atoms with E-state index in [9.17, 15) is 4.79 Å². The second-order valence-electron chi connectivity index (χ2n) is 6.40. The van der Waals surface area contributed by atoms with Gasteiger partial charge in [0.05, 0.1) is 12.6 Å². The van der Waals surface area contributed by atoms with Gasteiger partial charge < -0.3 is 5.32 Å². The van der Waals surface area contributed by atoms with E-state index in [-0.39, 0.29) is 11.8 Å². The minimum Gasteiger partial charge on any atom is -0.310 e. The minimum absolute atomic E-state index is 0.0750. The molecule has 0 aliphatic carbocycles. The molecule has 0 saturated carbocycles. The molecule has 0 aromatic heterocycles. The molecule has 0 aliphatic heterocycles. The van der Waals surface area contributed by atoms with Crippen LogP contribution < -0.4 is 5.32 Å². The Kier molecular flexibility index (Phi) is 7.66. The number of aryl methyl sites for hydroxylation is 1. The van der Waals surface area contributed by atoms with Crippen LogP contribution in [0.25, 0.3) is 0 Å². The summed E-state index contributed by atoms with van der Waals surface area (Å²) >= 11 is 0. The summed E-state index contributed by atoms with van der Waals surface area (Å²) in [5.41, 5.74) is 2.55. The quantitative estimate of drug-likeness (QED) is 0.682. The molecular weight excluding hydrogens is 296 g/mol. The number of hydrogen-bond acceptors (Lipinski definition) is 3. The van der Waals surface area contributed by atoms with Crippen molar-refractivity contribution in [2.24, 2.45) is 0 Å². The van der Waals surface area contributed by atoms with Crippen molar-refractivity contribution in [2.45, 2.75) is 25.3 Å². The summed E-state index contributed by atoms with van der Waals surface area (Å²) in [6.45, 7) is 1.30. The lowest BCUT2D eigenvalue weighted by Crippen LogP contribution is -2.42. The molecule has 1 atom stereocenters. The zero-order valence-electron chi connectivity index (χ0n) is 14.7. The number of benzene rings is 2. The standard InChI is InChI=1S/C21H28N2O/c1-23(2)20(16-19-12-7-4-8-13-19)21(24)17-22-15-9-14-18-10-5-3-6-11-18/h3-8,10-13,20,22H,9,14-17H2,1-2H3/t20-/m0/s1. The number of hydrogen-bond donors (Lipinski definition) is 1. The van der Waals surface area contributed by atoms with Crippen LogP contribution in [-0.4, -0.2) is 43.9 Å². The van der Waals surface area contributed by atoms with E-state index >= 15 is 0 Å². The zero-order chi connectivity index (χ0) is 17.2. The van der Waals surface area contributed by atoms with Gasteiger partial charge in [0.25, 0.3) is 0 Å². The van der Waals surface area contributed by atoms with Gasteiger partial charge in [0.15, 0.2) is 5.78 Å². The lowest BCUT2D eigenvalue weighted by atomic mass is 10.0. The van der Waals surface area contributed by atoms with Gasteiger partial charge in [-0.15, -0.1) is 0 Å². The van der Waals surface area contributed by atoms with Crippen LogP contribution in [0.3, 0.4) is 0 Å². The Bertz CT molecular complexity index is 596. The van der Waals surface area contributed by atoms with E-state index in [1.165, 1.54) is 11.1 Å². The number of carbonyl (C=O) groups excluding carboxylic acids is 1. The number of Topliss-reactive ketones (excluding diaryl/α,β-unsaturated/α-hetero) is 1. The predicted octanol–water partition coefficient (Wildman–Crippen LogP) is 2.95. The van der Waals surface area contributed by atoms with Gasteiger partial charge in [-0.25, -0.2) is 0 Å². The van der Waals surface area contributed by atoms with Gasteiger partial charge in [-0.1, -0.05) is 60.7 Å². The van der Waals surface area contributed by atoms with Crippen LogP contribution in [-0.2, 0) is 17.6 Å². The summed E-state index contributed by atoms with van der Waals surface area (Å²) in [6, 6.07) is 20.6. The molecule has 0 unspecified atom stereocenters. The topological polar surface area (TPSA) is 32.3 Å². The molecule has 0 radical (unpaired) electrons. The van der Waals surface area contributed by atoms with Gasteiger partial charge in [-0.2, -0.15) is 0 Å². The Morgan fingerprint density at radius 2 is 1.54 bits per heavy atom. The van der Waals surface area contributed by atoms with E-state index in [1.54, 1.807) is 0 Å². The van der Waals surface area contributed by atoms with Crippen LogP contribution in [0.4, 0.5) is 0 Å². The Morgan fingerprint density at radius 1 is 0.958 bits per heavy atom. The van der Waals surface area contributed by atoms with Gasteiger partial charge in [0.2, 0.25) is 0 Å². The molecule has 2 rings (SSSR count). The molecule has 0 aliphatic rings. The predicted molar refractivity (Wildman–Crippen MR) is 100 cm³/mol. The fourth-order valence-electron chi connectivity index (χ4n) is 2.81. The highest BCUT2D eigenvalue weighted by Crippen LogP contribution is 2.08. The van der Waals surface area contributed by atoms with Crippen molar-refractivity contribution in [2.75, 3.05) is 27.2 Å². The van der Waals surface area contributed by atoms with E-state index in [1.807, 2.05) is 43.3 Å². The number of nitrogens with one attached hydrogen (secondary N) is 1. The van der Waals surface area contributed by atoms with Crippen LogP contribution in [0.15, 0.2) is 60.7 Å². The second-order valence-corrected chi connectivity index (χ2v) is 6.40. The molecule has 0 saturated heterocycles. The van der Waals surface area contributed by atoms with Crippen LogP contribution in [0.5, 0.6) is 0 Å². The van der Waals surface area contributed by atoms with Gasteiger partial charge in [-0.05, 0) is 51.0 Å². The summed E-state index contributed by atoms with van der Waals surface area (Å²) in [5.74, 6) is 0.253. The van der Waals surface area contributed by atoms with E-state index in [0.29, 0.717) is 6.54 Å². The third kappa shape index (κ3) is 6.26. The average Bonchev–Trinajstić information content (AvgIpc) is 2.60. The molecule has 2 aromatic carbocycles. The maximum atomic E-state index is 12.5. The first-order valence-electron chi connectivity index (χ1n) is 8.64. The van der Waals surface area contributed by atoms with E-state index < -0.39 is 0 Å². The first-order valence-corrected chi connectivity index (χ1v) is 8.64. The molecule has 2 aromatic rings. The lowest BCUT2D eigenvalue weighted by Gasteiger charge is -2.23. The minimum atomic E-state index is -0.0750. The third-order valence-corrected chi connectivity index (χ3v) is 4.23. The average molecular weight is 324 g/mol. The molecule has 128 valence electrons. The molecule has 0 spiro atoms. The van der Waals surface area contributed by atoms with Crippen molar-refractivity contribution < 1.29 is 4.79 Å². The summed E-state index contributed by atoms with van der Waals surface area (Å²) < 4.78 is 0. The molecule has 1 N–H and O–H groups in total. The monoisotopic (exact) mass is 324 g/mol. The van der Waals surface area contributed by atoms with Gasteiger partial charge in [0, 0.05) is 0 Å². The second kappa shape index (κ2) is 10.0. The van der Waals surface area contributed by atoms with Crippen molar-refractivity contribution in [3.63, 3.8) is 0 Å². The lowest BCUT2D eigenvalue weighted by molar-refractivity contribution is -0.122. The highest BCUT2D eigenvalue weighted by Gasteiger charge is 2.20. The van der Waals surface area contributed by atoms with Crippen molar-refractivity contribution in [1.82, 2.24) is 10.2 Å². The number of nitrogens with zero attached hydrogens (tertiary/aromatic N) is 1. The fraction of sp³-hybridized carbons (Fsp3) is 0.381. The Morgan fingerprint density at radius 3 is 2.12 bits per heavy atom. The molecule has 0 amide bonds. The van der Waals surface area contributed by atoms with Crippen molar-refractivity contribution in [1.29, 1.82) is 0 Å². The van der Waals surface area contributed by atoms with Gasteiger partial charge in [0.1, 0.15) is 0 Å². The maximum absolute atomic E-state index is 12.5. The summed E-state index contributed by atoms with van der Waals surface area (Å²) in [7, 11) is 3.95. The van der Waals surface area contributed by atoms with E-state index in [4.69, 9.17) is 0 Å². The van der Waals surface area contributed by atoms with Crippen molar-refractivity contribution in [3.05, 3.63) is 71.8 Å². The number of carbonyl (C=O) groups is 1. The van der Waals surface area contributed by atoms with Crippen molar-refractivity contribution in [3.8, 4) is 0 Å². The maximum Gasteiger partial charge on any atom is 0.163 e. The van der Waals surface area contributed by atoms with Crippen LogP contribution in [0, 0.1) is 0 Å². The molecule has 0 heterocycles. The first-order chi connectivity index (χ1) is 11.7. The van der Waals surface area contributed by atoms with Crippen LogP contribution in [0.1, 0.15) is 17.5 Å². The molecule has 0 fully saturated rings. The van der Waals surface area contributed by atoms with Crippen molar-refractivity contribution >= 4 is 5.78 Å². The summed E-state index contributed by atoms with van der Waals surface area (Å²) in [4.78, 5) is 14.5. The van der Waals surface area contributed by atoms with Gasteiger partial charge >= 0.3 is 0 Å². The number of ketones is 1. The van der Waals surface area contributed by atoms with E-state index in [2.05, 4.69) is 41.7 Å². The molecule has 3 heteroatoms. The van der Waals surface area contributed by atoms with Gasteiger partial charge in [-0.3, -0.25) is 9.69 Å². The first kappa shape index (κ1) is 18.4. The number of likely N-dealkylation sites (N-methyl/N-ethyl adjacent to an activating group) is 1. The summed E-state index contributed by atoms with van der Waals surface area (Å²) in [5, 5.41) is 3.30. The molecular formula is C21H28N2O. The third-order valence-electron chi connectivity index (χ3n) is 4.23. The van der Waals surface area contributed by atoms with Crippen LogP contribution in [0.2, 0.25) is 0 Å². The normalized spacial score (nSPS) is 12.3. The van der Waals surface area contributed by atoms with E-state index in [0.717, 1.165) is 25.8 Å². The highest BCUT2D eigenvalue weighted by molar-refractivity contribution is 5.86. The zero-order valence-corrected chi connectivity index (χ0v) is 14.7. The fourth-order valence-corrected chi connectivity index (χ4v) is 2.81.